The molecular weight excluding hydrogens is 418 g/mol. The zero-order chi connectivity index (χ0) is 22.6. The zero-order valence-electron chi connectivity index (χ0n) is 18.3. The van der Waals surface area contributed by atoms with Gasteiger partial charge in [0.15, 0.2) is 0 Å². The number of hydrogen-bond acceptors (Lipinski definition) is 6. The Hall–Kier alpha value is -2.58. The summed E-state index contributed by atoms with van der Waals surface area (Å²) in [5.41, 5.74) is 1.05. The van der Waals surface area contributed by atoms with Crippen LogP contribution in [-0.4, -0.2) is 32.8 Å². The number of benzene rings is 2. The summed E-state index contributed by atoms with van der Waals surface area (Å²) in [6, 6.07) is 13.6. The summed E-state index contributed by atoms with van der Waals surface area (Å²) in [5.74, 6) is 0.824. The second-order valence-electron chi connectivity index (χ2n) is 8.78. The number of hydrogen-bond donors (Lipinski definition) is 1. The molecule has 3 rings (SSSR count). The smallest absolute Gasteiger partial charge is 0.412 e. The van der Waals surface area contributed by atoms with Gasteiger partial charge in [0, 0.05) is 5.69 Å². The number of aryl methyl sites for hydroxylation is 1. The van der Waals surface area contributed by atoms with Crippen LogP contribution in [0.5, 0.6) is 5.75 Å². The summed E-state index contributed by atoms with van der Waals surface area (Å²) in [7, 11) is -3.74. The molecule has 1 amide bonds. The van der Waals surface area contributed by atoms with Gasteiger partial charge in [0.1, 0.15) is 11.4 Å². The Balaban J connectivity index is 1.41. The van der Waals surface area contributed by atoms with Gasteiger partial charge in [-0.3, -0.25) is 9.50 Å². The molecule has 31 heavy (non-hydrogen) atoms. The molecule has 1 N–H and O–H groups in total. The number of anilines is 1. The Morgan fingerprint density at radius 1 is 1.03 bits per heavy atom. The molecule has 0 saturated heterocycles. The Morgan fingerprint density at radius 3 is 2.23 bits per heavy atom. The first-order valence-electron chi connectivity index (χ1n) is 10.2. The first-order chi connectivity index (χ1) is 14.5. The third kappa shape index (κ3) is 6.97. The van der Waals surface area contributed by atoms with Crippen molar-refractivity contribution in [2.75, 3.05) is 11.9 Å². The molecule has 0 radical (unpaired) electrons. The summed E-state index contributed by atoms with van der Waals surface area (Å²) in [5, 5.41) is 2.67. The van der Waals surface area contributed by atoms with E-state index in [-0.39, 0.29) is 23.5 Å². The molecule has 0 atom stereocenters. The molecule has 0 bridgehead atoms. The second-order valence-corrected chi connectivity index (χ2v) is 10.4. The molecule has 0 aromatic heterocycles. The van der Waals surface area contributed by atoms with Crippen LogP contribution >= 0.6 is 0 Å². The van der Waals surface area contributed by atoms with Gasteiger partial charge < -0.3 is 9.47 Å². The van der Waals surface area contributed by atoms with Gasteiger partial charge >= 0.3 is 6.09 Å². The van der Waals surface area contributed by atoms with E-state index in [9.17, 15) is 13.2 Å². The largest absolute Gasteiger partial charge is 0.490 e. The molecule has 1 aliphatic rings. The average molecular weight is 448 g/mol. The summed E-state index contributed by atoms with van der Waals surface area (Å²) in [6.07, 6.45) is 0.951. The van der Waals surface area contributed by atoms with Gasteiger partial charge in [-0.2, -0.15) is 8.42 Å². The van der Waals surface area contributed by atoms with E-state index in [1.54, 1.807) is 69.3 Å². The minimum atomic E-state index is -3.74. The molecule has 7 nitrogen and oxygen atoms in total. The Morgan fingerprint density at radius 2 is 1.65 bits per heavy atom. The number of nitrogens with one attached hydrogen (secondary N) is 1. The van der Waals surface area contributed by atoms with Crippen LogP contribution in [0.25, 0.3) is 0 Å². The lowest BCUT2D eigenvalue weighted by atomic mass is 9.83. The molecule has 1 saturated carbocycles. The molecule has 2 aromatic carbocycles. The van der Waals surface area contributed by atoms with Gasteiger partial charge in [-0.15, -0.1) is 0 Å². The highest BCUT2D eigenvalue weighted by atomic mass is 32.2. The lowest BCUT2D eigenvalue weighted by Crippen LogP contribution is -2.36. The van der Waals surface area contributed by atoms with Crippen LogP contribution in [-0.2, 0) is 19.0 Å². The first kappa shape index (κ1) is 23.1. The van der Waals surface area contributed by atoms with Crippen molar-refractivity contribution in [2.45, 2.75) is 57.1 Å². The van der Waals surface area contributed by atoms with E-state index in [1.165, 1.54) is 0 Å². The Bertz CT molecular complexity index is 988. The molecular formula is C23H29NO6S. The molecule has 0 spiro atoms. The number of amides is 1. The summed E-state index contributed by atoms with van der Waals surface area (Å²) < 4.78 is 40.8. The first-order valence-corrected chi connectivity index (χ1v) is 11.6. The van der Waals surface area contributed by atoms with Gasteiger partial charge in [0.2, 0.25) is 0 Å². The third-order valence-corrected chi connectivity index (χ3v) is 6.06. The molecule has 1 fully saturated rings. The van der Waals surface area contributed by atoms with Gasteiger partial charge in [-0.1, -0.05) is 17.7 Å². The van der Waals surface area contributed by atoms with E-state index in [0.29, 0.717) is 11.4 Å². The van der Waals surface area contributed by atoms with Crippen molar-refractivity contribution >= 4 is 21.9 Å². The summed E-state index contributed by atoms with van der Waals surface area (Å²) in [6.45, 7) is 7.46. The highest BCUT2D eigenvalue weighted by Crippen LogP contribution is 2.32. The number of carbonyl (C=O) groups is 1. The molecule has 168 valence electrons. The van der Waals surface area contributed by atoms with Crippen molar-refractivity contribution in [1.29, 1.82) is 0 Å². The van der Waals surface area contributed by atoms with Crippen LogP contribution in [0.15, 0.2) is 53.4 Å². The molecule has 0 unspecified atom stereocenters. The van der Waals surface area contributed by atoms with Crippen molar-refractivity contribution in [3.8, 4) is 5.75 Å². The van der Waals surface area contributed by atoms with Gasteiger partial charge in [-0.05, 0) is 82.9 Å². The van der Waals surface area contributed by atoms with Gasteiger partial charge in [0.25, 0.3) is 10.1 Å². The van der Waals surface area contributed by atoms with Crippen LogP contribution in [0.4, 0.5) is 10.5 Å². The van der Waals surface area contributed by atoms with E-state index in [2.05, 4.69) is 5.32 Å². The van der Waals surface area contributed by atoms with Gasteiger partial charge in [0.05, 0.1) is 17.6 Å². The average Bonchev–Trinajstić information content (AvgIpc) is 2.63. The number of rotatable bonds is 7. The minimum absolute atomic E-state index is 0.0142. The number of carbonyl (C=O) groups excluding carboxylic acids is 1. The second kappa shape index (κ2) is 9.28. The minimum Gasteiger partial charge on any atom is -0.490 e. The van der Waals surface area contributed by atoms with Crippen molar-refractivity contribution in [3.05, 3.63) is 54.1 Å². The van der Waals surface area contributed by atoms with Crippen LogP contribution in [0, 0.1) is 12.8 Å². The van der Waals surface area contributed by atoms with E-state index in [0.717, 1.165) is 18.4 Å². The maximum atomic E-state index is 12.3. The monoisotopic (exact) mass is 447 g/mol. The fraction of sp³-hybridized carbons (Fsp3) is 0.435. The van der Waals surface area contributed by atoms with Crippen LogP contribution in [0.3, 0.4) is 0 Å². The van der Waals surface area contributed by atoms with Gasteiger partial charge in [-0.25, -0.2) is 4.79 Å². The predicted molar refractivity (Wildman–Crippen MR) is 118 cm³/mol. The fourth-order valence-electron chi connectivity index (χ4n) is 3.10. The maximum absolute atomic E-state index is 12.3. The standard InChI is InChI=1S/C23H29NO6S/c1-16-5-11-21(12-6-16)31(26,27)28-15-17-13-20(14-17)29-19-9-7-18(8-10-19)24-22(25)30-23(2,3)4/h5-12,17,20H,13-15H2,1-4H3,(H,24,25). The quantitative estimate of drug-likeness (QED) is 0.607. The predicted octanol–water partition coefficient (Wildman–Crippen LogP) is 4.90. The van der Waals surface area contributed by atoms with E-state index in [4.69, 9.17) is 13.7 Å². The normalized spacial score (nSPS) is 18.7. The van der Waals surface area contributed by atoms with E-state index in [1.807, 2.05) is 6.92 Å². The van der Waals surface area contributed by atoms with Crippen molar-refractivity contribution < 1.29 is 26.9 Å². The molecule has 1 aliphatic carbocycles. The topological polar surface area (TPSA) is 90.9 Å². The molecule has 2 aromatic rings. The molecule has 8 heteroatoms. The van der Waals surface area contributed by atoms with Crippen LogP contribution < -0.4 is 10.1 Å². The summed E-state index contributed by atoms with van der Waals surface area (Å²) >= 11 is 0. The Kier molecular flexibility index (Phi) is 6.91. The van der Waals surface area contributed by atoms with E-state index < -0.39 is 21.8 Å². The lowest BCUT2D eigenvalue weighted by molar-refractivity contribution is 0.0400. The fourth-order valence-corrected chi connectivity index (χ4v) is 4.07. The highest BCUT2D eigenvalue weighted by Gasteiger charge is 2.32. The summed E-state index contributed by atoms with van der Waals surface area (Å²) in [4.78, 5) is 12.0. The molecule has 0 heterocycles. The zero-order valence-corrected chi connectivity index (χ0v) is 19.1. The van der Waals surface area contributed by atoms with Crippen molar-refractivity contribution in [2.24, 2.45) is 5.92 Å². The van der Waals surface area contributed by atoms with Crippen LogP contribution in [0.1, 0.15) is 39.2 Å². The highest BCUT2D eigenvalue weighted by molar-refractivity contribution is 7.86. The maximum Gasteiger partial charge on any atom is 0.412 e. The third-order valence-electron chi connectivity index (χ3n) is 4.76. The SMILES string of the molecule is Cc1ccc(S(=O)(=O)OCC2CC(Oc3ccc(NC(=O)OC(C)(C)C)cc3)C2)cc1. The van der Waals surface area contributed by atoms with Crippen molar-refractivity contribution in [3.63, 3.8) is 0 Å². The number of ether oxygens (including phenoxy) is 2. The van der Waals surface area contributed by atoms with Crippen molar-refractivity contribution in [1.82, 2.24) is 0 Å². The van der Waals surface area contributed by atoms with E-state index >= 15 is 0 Å². The molecule has 0 aliphatic heterocycles. The lowest BCUT2D eigenvalue weighted by Gasteiger charge is -2.34. The van der Waals surface area contributed by atoms with Crippen LogP contribution in [0.2, 0.25) is 0 Å². The Labute approximate surface area is 183 Å².